The minimum atomic E-state index is -1.43. The molecule has 0 radical (unpaired) electrons. The van der Waals surface area contributed by atoms with E-state index >= 15 is 0 Å². The summed E-state index contributed by atoms with van der Waals surface area (Å²) in [5.41, 5.74) is 0. The van der Waals surface area contributed by atoms with Gasteiger partial charge in [-0.1, -0.05) is 0 Å². The van der Waals surface area contributed by atoms with Crippen molar-refractivity contribution < 1.29 is 25.2 Å². The van der Waals surface area contributed by atoms with Gasteiger partial charge in [-0.25, -0.2) is 0 Å². The predicted octanol–water partition coefficient (Wildman–Crippen LogP) is -2.19. The van der Waals surface area contributed by atoms with Crippen molar-refractivity contribution in [3.8, 4) is 0 Å². The number of aliphatic hydroxyl groups excluding tert-OH is 4. The normalized spacial score (nSPS) is 52.6. The number of hydrogen-bond acceptors (Lipinski definition) is 5. The molecule has 0 aromatic carbocycles. The molecule has 0 saturated carbocycles. The van der Waals surface area contributed by atoms with Crippen molar-refractivity contribution in [3.05, 3.63) is 0 Å². The third-order valence-electron chi connectivity index (χ3n) is 1.83. The molecule has 0 amide bonds. The monoisotopic (exact) mass is 165 g/mol. The Morgan fingerprint density at radius 2 is 1.45 bits per heavy atom. The van der Waals surface area contributed by atoms with E-state index in [2.05, 4.69) is 4.74 Å². The molecule has 1 saturated heterocycles. The van der Waals surface area contributed by atoms with Crippen LogP contribution in [0.3, 0.4) is 0 Å². The van der Waals surface area contributed by atoms with Gasteiger partial charge in [0.25, 0.3) is 0 Å². The topological polar surface area (TPSA) is 90.2 Å². The van der Waals surface area contributed by atoms with Gasteiger partial charge >= 0.3 is 0 Å². The van der Waals surface area contributed by atoms with E-state index in [4.69, 9.17) is 20.4 Å². The molecule has 0 bridgehead atoms. The summed E-state index contributed by atoms with van der Waals surface area (Å²) >= 11 is 0. The lowest BCUT2D eigenvalue weighted by Crippen LogP contribution is -2.56. The standard InChI is InChI=1S/C6H12O5/c1-2-3(7)4(8)5(9)6(10)11-2/h2-10H,1H3/t2-,3-,4+,5+,6?/m0/s1/i4+1. The number of hydrogen-bond donors (Lipinski definition) is 4. The fourth-order valence-corrected chi connectivity index (χ4v) is 1.03. The first kappa shape index (κ1) is 8.89. The van der Waals surface area contributed by atoms with E-state index in [-0.39, 0.29) is 0 Å². The summed E-state index contributed by atoms with van der Waals surface area (Å²) in [5, 5.41) is 36.0. The highest BCUT2D eigenvalue weighted by atomic mass is 16.6. The van der Waals surface area contributed by atoms with Gasteiger partial charge in [0.1, 0.15) is 18.3 Å². The van der Waals surface area contributed by atoms with Crippen LogP contribution in [0.4, 0.5) is 0 Å². The molecular weight excluding hydrogens is 153 g/mol. The van der Waals surface area contributed by atoms with Gasteiger partial charge < -0.3 is 25.2 Å². The van der Waals surface area contributed by atoms with Gasteiger partial charge in [0.15, 0.2) is 6.29 Å². The summed E-state index contributed by atoms with van der Waals surface area (Å²) in [5.74, 6) is 0. The highest BCUT2D eigenvalue weighted by Gasteiger charge is 2.40. The first-order chi connectivity index (χ1) is 5.04. The fraction of sp³-hybridized carbons (Fsp3) is 1.00. The number of ether oxygens (including phenoxy) is 1. The summed E-state index contributed by atoms with van der Waals surface area (Å²) < 4.78 is 4.68. The van der Waals surface area contributed by atoms with Crippen LogP contribution in [-0.4, -0.2) is 51.1 Å². The van der Waals surface area contributed by atoms with Crippen LogP contribution in [0.5, 0.6) is 0 Å². The van der Waals surface area contributed by atoms with E-state index in [0.717, 1.165) is 0 Å². The smallest absolute Gasteiger partial charge is 0.183 e. The second-order valence-electron chi connectivity index (χ2n) is 2.70. The molecule has 1 fully saturated rings. The van der Waals surface area contributed by atoms with Crippen LogP contribution in [0.15, 0.2) is 0 Å². The van der Waals surface area contributed by atoms with Crippen LogP contribution in [0.2, 0.25) is 0 Å². The highest BCUT2D eigenvalue weighted by Crippen LogP contribution is 2.18. The quantitative estimate of drug-likeness (QED) is 0.306. The van der Waals surface area contributed by atoms with Crippen molar-refractivity contribution >= 4 is 0 Å². The molecule has 0 aromatic rings. The average molecular weight is 165 g/mol. The molecule has 0 aliphatic carbocycles. The lowest BCUT2D eigenvalue weighted by molar-refractivity contribution is -0.277. The SMILES string of the molecule is C[C@@H]1OC(O)[C@H](O)[13C@H](O)[C@H]1O. The second kappa shape index (κ2) is 3.04. The number of aliphatic hydroxyl groups is 4. The van der Waals surface area contributed by atoms with Crippen LogP contribution in [-0.2, 0) is 4.74 Å². The van der Waals surface area contributed by atoms with E-state index in [1.807, 2.05) is 0 Å². The van der Waals surface area contributed by atoms with Gasteiger partial charge in [-0.3, -0.25) is 0 Å². The minimum Gasteiger partial charge on any atom is -0.388 e. The Morgan fingerprint density at radius 3 is 2.00 bits per heavy atom. The molecule has 0 spiro atoms. The van der Waals surface area contributed by atoms with Gasteiger partial charge in [-0.2, -0.15) is 0 Å². The Balaban J connectivity index is 2.63. The Bertz CT molecular complexity index is 125. The molecular formula is C6H12O5. The molecule has 1 unspecified atom stereocenters. The minimum absolute atomic E-state index is 0.664. The second-order valence-corrected chi connectivity index (χ2v) is 2.70. The van der Waals surface area contributed by atoms with Crippen LogP contribution < -0.4 is 0 Å². The van der Waals surface area contributed by atoms with Gasteiger partial charge in [-0.15, -0.1) is 0 Å². The zero-order valence-corrected chi connectivity index (χ0v) is 6.08. The molecule has 66 valence electrons. The van der Waals surface area contributed by atoms with Gasteiger partial charge in [0, 0.05) is 0 Å². The maximum atomic E-state index is 9.09. The molecule has 5 atom stereocenters. The predicted molar refractivity (Wildman–Crippen MR) is 34.6 cm³/mol. The fourth-order valence-electron chi connectivity index (χ4n) is 1.03. The maximum Gasteiger partial charge on any atom is 0.183 e. The largest absolute Gasteiger partial charge is 0.388 e. The summed E-state index contributed by atoms with van der Waals surface area (Å²) in [4.78, 5) is 0. The molecule has 0 aromatic heterocycles. The Kier molecular flexibility index (Phi) is 2.46. The van der Waals surface area contributed by atoms with Gasteiger partial charge in [0.2, 0.25) is 0 Å². The molecule has 1 heterocycles. The van der Waals surface area contributed by atoms with E-state index in [1.165, 1.54) is 6.92 Å². The van der Waals surface area contributed by atoms with E-state index in [1.54, 1.807) is 0 Å². The molecule has 4 N–H and O–H groups in total. The molecule has 5 heteroatoms. The van der Waals surface area contributed by atoms with Crippen molar-refractivity contribution in [1.82, 2.24) is 0 Å². The van der Waals surface area contributed by atoms with E-state index in [9.17, 15) is 0 Å². The average Bonchev–Trinajstić information content (AvgIpc) is 1.97. The maximum absolute atomic E-state index is 9.09. The molecule has 5 nitrogen and oxygen atoms in total. The zero-order chi connectivity index (χ0) is 8.59. The van der Waals surface area contributed by atoms with Crippen LogP contribution >= 0.6 is 0 Å². The molecule has 1 aliphatic rings. The lowest BCUT2D eigenvalue weighted by Gasteiger charge is -2.36. The first-order valence-electron chi connectivity index (χ1n) is 3.41. The van der Waals surface area contributed by atoms with E-state index in [0.29, 0.717) is 0 Å². The van der Waals surface area contributed by atoms with Crippen molar-refractivity contribution in [2.24, 2.45) is 0 Å². The Hall–Kier alpha value is -0.200. The Labute approximate surface area is 63.8 Å². The van der Waals surface area contributed by atoms with Crippen LogP contribution in [0, 0.1) is 0 Å². The zero-order valence-electron chi connectivity index (χ0n) is 6.08. The first-order valence-corrected chi connectivity index (χ1v) is 3.41. The molecule has 1 aliphatic heterocycles. The molecule has 11 heavy (non-hydrogen) atoms. The van der Waals surface area contributed by atoms with Crippen LogP contribution in [0.25, 0.3) is 0 Å². The molecule has 1 rings (SSSR count). The Morgan fingerprint density at radius 1 is 0.909 bits per heavy atom. The van der Waals surface area contributed by atoms with E-state index < -0.39 is 30.7 Å². The van der Waals surface area contributed by atoms with Crippen molar-refractivity contribution in [1.29, 1.82) is 0 Å². The van der Waals surface area contributed by atoms with Gasteiger partial charge in [-0.05, 0) is 6.92 Å². The third-order valence-corrected chi connectivity index (χ3v) is 1.83. The summed E-state index contributed by atoms with van der Waals surface area (Å²) in [6, 6.07) is 0. The van der Waals surface area contributed by atoms with Crippen molar-refractivity contribution in [2.45, 2.75) is 37.6 Å². The summed E-state index contributed by atoms with van der Waals surface area (Å²) in [7, 11) is 0. The van der Waals surface area contributed by atoms with Crippen molar-refractivity contribution in [2.75, 3.05) is 0 Å². The number of rotatable bonds is 0. The third kappa shape index (κ3) is 1.52. The van der Waals surface area contributed by atoms with Crippen LogP contribution in [0.1, 0.15) is 6.92 Å². The summed E-state index contributed by atoms with van der Waals surface area (Å²) in [6.45, 7) is 1.50. The van der Waals surface area contributed by atoms with Gasteiger partial charge in [0.05, 0.1) is 6.10 Å². The summed E-state index contributed by atoms with van der Waals surface area (Å²) in [6.07, 6.45) is -5.99. The van der Waals surface area contributed by atoms with Crippen molar-refractivity contribution in [3.63, 3.8) is 0 Å². The highest BCUT2D eigenvalue weighted by molar-refractivity contribution is 4.86. The lowest BCUT2D eigenvalue weighted by atomic mass is 10.2.